The average molecular weight is 389 g/mol. The second kappa shape index (κ2) is 5.95. The van der Waals surface area contributed by atoms with E-state index in [2.05, 4.69) is 36.2 Å². The number of carbonyl (C=O) groups excluding carboxylic acids is 1. The number of fused-ring (bicyclic) bond motifs is 4. The zero-order chi connectivity index (χ0) is 18.1. The Morgan fingerprint density at radius 1 is 1.23 bits per heavy atom. The quantitative estimate of drug-likeness (QED) is 0.799. The highest BCUT2D eigenvalue weighted by molar-refractivity contribution is 7.21. The molecule has 1 amide bonds. The van der Waals surface area contributed by atoms with Crippen LogP contribution < -0.4 is 5.32 Å². The van der Waals surface area contributed by atoms with Crippen molar-refractivity contribution in [3.63, 3.8) is 0 Å². The van der Waals surface area contributed by atoms with Gasteiger partial charge in [0.25, 0.3) is 5.91 Å². The predicted molar refractivity (Wildman–Crippen MR) is 108 cm³/mol. The number of amides is 1. The highest BCUT2D eigenvalue weighted by Gasteiger charge is 2.48. The van der Waals surface area contributed by atoms with Crippen LogP contribution in [0.5, 0.6) is 0 Å². The molecule has 6 rings (SSSR count). The fourth-order valence-corrected chi connectivity index (χ4v) is 6.45. The van der Waals surface area contributed by atoms with Gasteiger partial charge >= 0.3 is 0 Å². The van der Waals surface area contributed by atoms with Crippen LogP contribution in [0.25, 0.3) is 10.1 Å². The van der Waals surface area contributed by atoms with Crippen molar-refractivity contribution in [3.8, 4) is 0 Å². The minimum atomic E-state index is 0.0320. The number of benzene rings is 1. The lowest BCUT2D eigenvalue weighted by molar-refractivity contribution is -0.0377. The third-order valence-corrected chi connectivity index (χ3v) is 8.46. The van der Waals surface area contributed by atoms with Crippen molar-refractivity contribution in [1.82, 2.24) is 10.2 Å². The Morgan fingerprint density at radius 2 is 1.96 bits per heavy atom. The molecule has 3 aliphatic heterocycles. The van der Waals surface area contributed by atoms with E-state index >= 15 is 0 Å². The van der Waals surface area contributed by atoms with Gasteiger partial charge in [0.15, 0.2) is 0 Å². The monoisotopic (exact) mass is 388 g/mol. The first-order valence-electron chi connectivity index (χ1n) is 9.73. The van der Waals surface area contributed by atoms with Crippen LogP contribution in [0.2, 0.25) is 5.02 Å². The van der Waals surface area contributed by atoms with Gasteiger partial charge in [-0.2, -0.15) is 0 Å². The van der Waals surface area contributed by atoms with E-state index in [9.17, 15) is 4.79 Å². The Labute approximate surface area is 163 Å². The summed E-state index contributed by atoms with van der Waals surface area (Å²) in [6.45, 7) is 6.86. The summed E-state index contributed by atoms with van der Waals surface area (Å²) in [5, 5.41) is 5.32. The van der Waals surface area contributed by atoms with Gasteiger partial charge < -0.3 is 5.32 Å². The molecular formula is C21H25ClN2OS. The van der Waals surface area contributed by atoms with Crippen molar-refractivity contribution >= 4 is 38.9 Å². The molecule has 3 saturated heterocycles. The molecule has 138 valence electrons. The molecule has 26 heavy (non-hydrogen) atoms. The van der Waals surface area contributed by atoms with Gasteiger partial charge in [0.1, 0.15) is 0 Å². The van der Waals surface area contributed by atoms with Gasteiger partial charge in [0, 0.05) is 11.6 Å². The first-order valence-corrected chi connectivity index (χ1v) is 10.9. The third kappa shape index (κ3) is 2.61. The van der Waals surface area contributed by atoms with Crippen LogP contribution in [0.3, 0.4) is 0 Å². The summed E-state index contributed by atoms with van der Waals surface area (Å²) in [5.41, 5.74) is 1.29. The molecule has 2 aromatic rings. The molecule has 1 aromatic carbocycles. The van der Waals surface area contributed by atoms with Gasteiger partial charge in [-0.15, -0.1) is 11.3 Å². The molecule has 0 radical (unpaired) electrons. The summed E-state index contributed by atoms with van der Waals surface area (Å²) in [6, 6.07) is 6.50. The van der Waals surface area contributed by atoms with Crippen LogP contribution in [0.1, 0.15) is 60.7 Å². The molecule has 3 nitrogen and oxygen atoms in total. The molecule has 4 fully saturated rings. The number of thiophene rings is 1. The second-order valence-corrected chi connectivity index (χ2v) is 10.1. The zero-order valence-electron chi connectivity index (χ0n) is 15.3. The van der Waals surface area contributed by atoms with Crippen LogP contribution in [0, 0.1) is 5.92 Å². The van der Waals surface area contributed by atoms with Gasteiger partial charge in [0.05, 0.1) is 14.6 Å². The molecule has 0 spiro atoms. The number of nitrogens with one attached hydrogen (secondary N) is 1. The third-order valence-electron chi connectivity index (χ3n) is 6.77. The lowest BCUT2D eigenvalue weighted by atomic mass is 9.72. The Balaban J connectivity index is 1.43. The highest BCUT2D eigenvalue weighted by Crippen LogP contribution is 2.46. The summed E-state index contributed by atoms with van der Waals surface area (Å²) in [6.07, 6.45) is 4.85. The van der Waals surface area contributed by atoms with E-state index < -0.39 is 0 Å². The summed E-state index contributed by atoms with van der Waals surface area (Å²) < 4.78 is 1.06. The van der Waals surface area contributed by atoms with Gasteiger partial charge in [-0.1, -0.05) is 23.7 Å². The number of piperidine rings is 3. The largest absolute Gasteiger partial charge is 0.346 e. The highest BCUT2D eigenvalue weighted by atomic mass is 35.5. The Bertz CT molecular complexity index is 878. The lowest BCUT2D eigenvalue weighted by Crippen LogP contribution is -2.69. The number of rotatable bonds is 3. The van der Waals surface area contributed by atoms with Crippen molar-refractivity contribution in [2.45, 2.75) is 57.0 Å². The van der Waals surface area contributed by atoms with Crippen LogP contribution in [-0.2, 0) is 0 Å². The Morgan fingerprint density at radius 3 is 2.62 bits per heavy atom. The first kappa shape index (κ1) is 17.0. The molecule has 1 atom stereocenters. The molecule has 2 bridgehead atoms. The summed E-state index contributed by atoms with van der Waals surface area (Å²) in [4.78, 5) is 16.3. The fraction of sp³-hybridized carbons (Fsp3) is 0.571. The van der Waals surface area contributed by atoms with E-state index in [-0.39, 0.29) is 17.5 Å². The van der Waals surface area contributed by atoms with E-state index in [0.29, 0.717) is 11.8 Å². The van der Waals surface area contributed by atoms with E-state index in [4.69, 9.17) is 11.6 Å². The Hall–Kier alpha value is -1.10. The topological polar surface area (TPSA) is 32.3 Å². The minimum Gasteiger partial charge on any atom is -0.346 e. The molecule has 4 aliphatic rings. The van der Waals surface area contributed by atoms with Gasteiger partial charge in [-0.05, 0) is 81.5 Å². The summed E-state index contributed by atoms with van der Waals surface area (Å²) in [5.74, 6) is 1.28. The fourth-order valence-electron chi connectivity index (χ4n) is 5.00. The maximum absolute atomic E-state index is 13.0. The molecule has 1 saturated carbocycles. The maximum Gasteiger partial charge on any atom is 0.261 e. The number of carbonyl (C=O) groups is 1. The van der Waals surface area contributed by atoms with Crippen LogP contribution in [0.15, 0.2) is 18.2 Å². The minimum absolute atomic E-state index is 0.0320. The average Bonchev–Trinajstić information content (AvgIpc) is 3.36. The molecule has 1 aliphatic carbocycles. The van der Waals surface area contributed by atoms with Crippen LogP contribution in [-0.4, -0.2) is 35.5 Å². The lowest BCUT2D eigenvalue weighted by Gasteiger charge is -2.56. The predicted octanol–water partition coefficient (Wildman–Crippen LogP) is 5.03. The van der Waals surface area contributed by atoms with Crippen molar-refractivity contribution in [1.29, 1.82) is 0 Å². The number of hydrogen-bond donors (Lipinski definition) is 1. The van der Waals surface area contributed by atoms with Crippen molar-refractivity contribution in [2.24, 2.45) is 5.92 Å². The SMILES string of the molecule is CC1(C)[C@@H](NC(=O)c2cc3ccc(C4CC4)c(Cl)c3s2)C2CCN1CC2. The van der Waals surface area contributed by atoms with Crippen molar-refractivity contribution in [3.05, 3.63) is 33.7 Å². The molecule has 1 N–H and O–H groups in total. The molecular weight excluding hydrogens is 364 g/mol. The van der Waals surface area contributed by atoms with Gasteiger partial charge in [-0.3, -0.25) is 9.69 Å². The number of halogens is 1. The van der Waals surface area contributed by atoms with Gasteiger partial charge in [0.2, 0.25) is 0 Å². The van der Waals surface area contributed by atoms with E-state index in [1.807, 2.05) is 6.07 Å². The second-order valence-electron chi connectivity index (χ2n) is 8.70. The molecule has 1 aromatic heterocycles. The van der Waals surface area contributed by atoms with Crippen LogP contribution >= 0.6 is 22.9 Å². The van der Waals surface area contributed by atoms with Crippen LogP contribution in [0.4, 0.5) is 0 Å². The van der Waals surface area contributed by atoms with E-state index in [1.54, 1.807) is 11.3 Å². The summed E-state index contributed by atoms with van der Waals surface area (Å²) in [7, 11) is 0. The van der Waals surface area contributed by atoms with Gasteiger partial charge in [-0.25, -0.2) is 0 Å². The zero-order valence-corrected chi connectivity index (χ0v) is 16.9. The van der Waals surface area contributed by atoms with E-state index in [1.165, 1.54) is 31.2 Å². The van der Waals surface area contributed by atoms with E-state index in [0.717, 1.165) is 33.1 Å². The first-order chi connectivity index (χ1) is 12.4. The molecule has 5 heteroatoms. The standard InChI is InChI=1S/C21H25ClN2OS/c1-21(2)19(13-7-9-24(21)10-8-13)23-20(25)16-11-14-5-6-15(12-3-4-12)17(22)18(14)26-16/h5-6,11-13,19H,3-4,7-10H2,1-2H3,(H,23,25)/t19-/m0/s1. The van der Waals surface area contributed by atoms with Crippen molar-refractivity contribution < 1.29 is 4.79 Å². The Kier molecular flexibility index (Phi) is 3.90. The number of nitrogens with zero attached hydrogens (tertiary/aromatic N) is 1. The summed E-state index contributed by atoms with van der Waals surface area (Å²) >= 11 is 8.20. The number of hydrogen-bond acceptors (Lipinski definition) is 3. The molecule has 4 heterocycles. The van der Waals surface area contributed by atoms with Crippen molar-refractivity contribution in [2.75, 3.05) is 13.1 Å². The molecule has 0 unspecified atom stereocenters. The normalized spacial score (nSPS) is 29.9. The maximum atomic E-state index is 13.0. The smallest absolute Gasteiger partial charge is 0.261 e.